The van der Waals surface area contributed by atoms with Crippen molar-refractivity contribution >= 4 is 5.97 Å². The lowest BCUT2D eigenvalue weighted by Gasteiger charge is -2.32. The van der Waals surface area contributed by atoms with E-state index in [1.807, 2.05) is 17.0 Å². The van der Waals surface area contributed by atoms with Crippen LogP contribution in [0.3, 0.4) is 0 Å². The average Bonchev–Trinajstić information content (AvgIpc) is 2.54. The average molecular weight is 345 g/mol. The van der Waals surface area contributed by atoms with Crippen LogP contribution in [-0.2, 0) is 11.2 Å². The summed E-state index contributed by atoms with van der Waals surface area (Å²) in [5.74, 6) is -1.32. The lowest BCUT2D eigenvalue weighted by molar-refractivity contribution is -0.185. The number of hydrogen-bond donors (Lipinski definition) is 1. The van der Waals surface area contributed by atoms with Crippen LogP contribution < -0.4 is 4.74 Å². The highest BCUT2D eigenvalue weighted by Gasteiger charge is 2.40. The summed E-state index contributed by atoms with van der Waals surface area (Å²) in [6.07, 6.45) is -3.20. The van der Waals surface area contributed by atoms with Crippen molar-refractivity contribution in [1.29, 1.82) is 0 Å². The molecule has 0 bridgehead atoms. The molecule has 1 aromatic rings. The smallest absolute Gasteiger partial charge is 0.391 e. The number of carboxylic acid groups (broad SMARTS) is 1. The van der Waals surface area contributed by atoms with Crippen LogP contribution in [0.5, 0.6) is 5.75 Å². The molecule has 0 amide bonds. The van der Waals surface area contributed by atoms with Gasteiger partial charge in [0.05, 0.1) is 5.92 Å². The van der Waals surface area contributed by atoms with Crippen LogP contribution in [0.25, 0.3) is 0 Å². The van der Waals surface area contributed by atoms with E-state index in [-0.39, 0.29) is 19.3 Å². The summed E-state index contributed by atoms with van der Waals surface area (Å²) in [6, 6.07) is 7.22. The van der Waals surface area contributed by atoms with Crippen LogP contribution in [0, 0.1) is 5.92 Å². The molecule has 0 aromatic heterocycles. The van der Waals surface area contributed by atoms with Crippen LogP contribution >= 0.6 is 0 Å². The third kappa shape index (κ3) is 6.03. The quantitative estimate of drug-likeness (QED) is 0.823. The second-order valence-corrected chi connectivity index (χ2v) is 6.04. The molecule has 1 saturated heterocycles. The number of benzene rings is 1. The fourth-order valence-electron chi connectivity index (χ4n) is 2.78. The standard InChI is InChI=1S/C17H22F3NO3/c18-17(19,20)14-7-9-21(10-8-14)11-12-24-15-4-1-13(2-5-15)3-6-16(22)23/h1-2,4-5,14H,3,6-12H2,(H,22,23). The second-order valence-electron chi connectivity index (χ2n) is 6.04. The van der Waals surface area contributed by atoms with Crippen LogP contribution in [0.1, 0.15) is 24.8 Å². The third-order valence-corrected chi connectivity index (χ3v) is 4.28. The second kappa shape index (κ2) is 8.37. The minimum absolute atomic E-state index is 0.0914. The molecule has 0 radical (unpaired) electrons. The van der Waals surface area contributed by atoms with Crippen molar-refractivity contribution in [1.82, 2.24) is 4.90 Å². The van der Waals surface area contributed by atoms with Gasteiger partial charge in [-0.1, -0.05) is 12.1 Å². The summed E-state index contributed by atoms with van der Waals surface area (Å²) in [5, 5.41) is 8.64. The zero-order valence-corrected chi connectivity index (χ0v) is 13.4. The predicted molar refractivity (Wildman–Crippen MR) is 83.1 cm³/mol. The van der Waals surface area contributed by atoms with Crippen LogP contribution in [0.4, 0.5) is 13.2 Å². The van der Waals surface area contributed by atoms with Gasteiger partial charge in [-0.3, -0.25) is 9.69 Å². The number of carbonyl (C=O) groups is 1. The first-order chi connectivity index (χ1) is 11.3. The number of nitrogens with zero attached hydrogens (tertiary/aromatic N) is 1. The van der Waals surface area contributed by atoms with Crippen molar-refractivity contribution in [2.24, 2.45) is 5.92 Å². The Hall–Kier alpha value is -1.76. The van der Waals surface area contributed by atoms with Gasteiger partial charge in [-0.2, -0.15) is 13.2 Å². The van der Waals surface area contributed by atoms with Gasteiger partial charge in [0.1, 0.15) is 12.4 Å². The molecule has 1 heterocycles. The van der Waals surface area contributed by atoms with Crippen molar-refractivity contribution < 1.29 is 27.8 Å². The molecule has 1 fully saturated rings. The zero-order chi connectivity index (χ0) is 17.6. The number of hydrogen-bond acceptors (Lipinski definition) is 3. The highest BCUT2D eigenvalue weighted by molar-refractivity contribution is 5.67. The van der Waals surface area contributed by atoms with Gasteiger partial charge < -0.3 is 9.84 Å². The molecule has 2 rings (SSSR count). The van der Waals surface area contributed by atoms with E-state index in [9.17, 15) is 18.0 Å². The van der Waals surface area contributed by atoms with Crippen molar-refractivity contribution in [3.63, 3.8) is 0 Å². The number of alkyl halides is 3. The first kappa shape index (κ1) is 18.6. The Bertz CT molecular complexity index is 523. The molecule has 0 spiro atoms. The molecule has 24 heavy (non-hydrogen) atoms. The van der Waals surface area contributed by atoms with Gasteiger partial charge in [-0.25, -0.2) is 0 Å². The van der Waals surface area contributed by atoms with E-state index in [0.29, 0.717) is 38.4 Å². The monoisotopic (exact) mass is 345 g/mol. The number of aryl methyl sites for hydroxylation is 1. The van der Waals surface area contributed by atoms with E-state index in [1.165, 1.54) is 0 Å². The number of aliphatic carboxylic acids is 1. The van der Waals surface area contributed by atoms with E-state index in [2.05, 4.69) is 0 Å². The maximum atomic E-state index is 12.6. The fourth-order valence-corrected chi connectivity index (χ4v) is 2.78. The molecule has 4 nitrogen and oxygen atoms in total. The topological polar surface area (TPSA) is 49.8 Å². The highest BCUT2D eigenvalue weighted by Crippen LogP contribution is 2.33. The number of piperidine rings is 1. The summed E-state index contributed by atoms with van der Waals surface area (Å²) >= 11 is 0. The van der Waals surface area contributed by atoms with E-state index in [4.69, 9.17) is 9.84 Å². The molecule has 134 valence electrons. The van der Waals surface area contributed by atoms with Crippen molar-refractivity contribution in [2.45, 2.75) is 31.9 Å². The molecule has 7 heteroatoms. The lowest BCUT2D eigenvalue weighted by atomic mass is 9.96. The number of carboxylic acids is 1. The maximum absolute atomic E-state index is 12.6. The van der Waals surface area contributed by atoms with Crippen molar-refractivity contribution in [3.8, 4) is 5.75 Å². The largest absolute Gasteiger partial charge is 0.492 e. The van der Waals surface area contributed by atoms with Gasteiger partial charge >= 0.3 is 12.1 Å². The first-order valence-corrected chi connectivity index (χ1v) is 8.07. The Balaban J connectivity index is 1.67. The number of likely N-dealkylation sites (tertiary alicyclic amines) is 1. The number of ether oxygens (including phenoxy) is 1. The Morgan fingerprint density at radius 3 is 2.38 bits per heavy atom. The van der Waals surface area contributed by atoms with E-state index < -0.39 is 18.1 Å². The van der Waals surface area contributed by atoms with Gasteiger partial charge in [0, 0.05) is 13.0 Å². The molecule has 1 N–H and O–H groups in total. The molecule has 0 atom stereocenters. The van der Waals surface area contributed by atoms with Gasteiger partial charge in [-0.05, 0) is 50.0 Å². The zero-order valence-electron chi connectivity index (χ0n) is 13.4. The van der Waals surface area contributed by atoms with Gasteiger partial charge in [0.15, 0.2) is 0 Å². The van der Waals surface area contributed by atoms with E-state index in [1.54, 1.807) is 12.1 Å². The molecule has 1 aliphatic heterocycles. The third-order valence-electron chi connectivity index (χ3n) is 4.28. The first-order valence-electron chi connectivity index (χ1n) is 8.07. The molecule has 1 aliphatic rings. The summed E-state index contributed by atoms with van der Waals surface area (Å²) in [7, 11) is 0. The Kier molecular flexibility index (Phi) is 6.48. The molecule has 0 saturated carbocycles. The van der Waals surface area contributed by atoms with Gasteiger partial charge in [-0.15, -0.1) is 0 Å². The minimum atomic E-state index is -4.08. The molecular weight excluding hydrogens is 323 g/mol. The van der Waals surface area contributed by atoms with Crippen LogP contribution in [-0.4, -0.2) is 48.4 Å². The van der Waals surface area contributed by atoms with E-state index >= 15 is 0 Å². The maximum Gasteiger partial charge on any atom is 0.391 e. The lowest BCUT2D eigenvalue weighted by Crippen LogP contribution is -2.40. The predicted octanol–water partition coefficient (Wildman–Crippen LogP) is 3.36. The summed E-state index contributed by atoms with van der Waals surface area (Å²) < 4.78 is 43.4. The molecular formula is C17H22F3NO3. The summed E-state index contributed by atoms with van der Waals surface area (Å²) in [5.41, 5.74) is 0.930. The number of rotatable bonds is 7. The van der Waals surface area contributed by atoms with Gasteiger partial charge in [0.2, 0.25) is 0 Å². The fraction of sp³-hybridized carbons (Fsp3) is 0.588. The highest BCUT2D eigenvalue weighted by atomic mass is 19.4. The Labute approximate surface area is 139 Å². The molecule has 0 unspecified atom stereocenters. The SMILES string of the molecule is O=C(O)CCc1ccc(OCCN2CCC(C(F)(F)F)CC2)cc1. The summed E-state index contributed by atoms with van der Waals surface area (Å²) in [6.45, 7) is 1.92. The van der Waals surface area contributed by atoms with Crippen LogP contribution in [0.15, 0.2) is 24.3 Å². The van der Waals surface area contributed by atoms with Gasteiger partial charge in [0.25, 0.3) is 0 Å². The van der Waals surface area contributed by atoms with Crippen LogP contribution in [0.2, 0.25) is 0 Å². The van der Waals surface area contributed by atoms with Crippen molar-refractivity contribution in [2.75, 3.05) is 26.2 Å². The summed E-state index contributed by atoms with van der Waals surface area (Å²) in [4.78, 5) is 12.5. The van der Waals surface area contributed by atoms with E-state index in [0.717, 1.165) is 5.56 Å². The Morgan fingerprint density at radius 1 is 1.21 bits per heavy atom. The molecule has 0 aliphatic carbocycles. The molecule has 1 aromatic carbocycles. The van der Waals surface area contributed by atoms with Crippen molar-refractivity contribution in [3.05, 3.63) is 29.8 Å². The number of halogens is 3. The normalized spacial score (nSPS) is 17.0. The minimum Gasteiger partial charge on any atom is -0.492 e. The Morgan fingerprint density at radius 2 is 1.83 bits per heavy atom.